The molecule has 0 aliphatic carbocycles. The fourth-order valence-corrected chi connectivity index (χ4v) is 2.07. The largest absolute Gasteiger partial charge is 0.361 e. The van der Waals surface area contributed by atoms with E-state index in [4.69, 9.17) is 33.3 Å². The Morgan fingerprint density at radius 3 is 2.89 bits per heavy atom. The number of halogens is 2. The van der Waals surface area contributed by atoms with Crippen LogP contribution in [0, 0.1) is 6.92 Å². The molecule has 92 valence electrons. The minimum absolute atomic E-state index is 0.167. The molecule has 0 spiro atoms. The van der Waals surface area contributed by atoms with Crippen molar-refractivity contribution in [1.82, 2.24) is 5.16 Å². The van der Waals surface area contributed by atoms with E-state index in [0.29, 0.717) is 27.1 Å². The Morgan fingerprint density at radius 1 is 1.44 bits per heavy atom. The van der Waals surface area contributed by atoms with Crippen molar-refractivity contribution in [3.63, 3.8) is 0 Å². The summed E-state index contributed by atoms with van der Waals surface area (Å²) in [4.78, 5) is 2.72. The van der Waals surface area contributed by atoms with Gasteiger partial charge in [-0.05, 0) is 30.7 Å². The van der Waals surface area contributed by atoms with Gasteiger partial charge in [0.25, 0.3) is 0 Å². The van der Waals surface area contributed by atoms with Gasteiger partial charge >= 0.3 is 0 Å². The van der Waals surface area contributed by atoms with E-state index in [1.807, 2.05) is 0 Å². The molecule has 0 saturated carbocycles. The monoisotopic (exact) mass is 282 g/mol. The van der Waals surface area contributed by atoms with Crippen molar-refractivity contribution in [2.75, 3.05) is 0 Å². The van der Waals surface area contributed by atoms with E-state index in [1.165, 1.54) is 0 Å². The number of hydrogen-bond acceptors (Lipinski definition) is 3. The van der Waals surface area contributed by atoms with Crippen molar-refractivity contribution in [2.24, 2.45) is 5.11 Å². The molecule has 0 aliphatic heterocycles. The van der Waals surface area contributed by atoms with E-state index < -0.39 is 0 Å². The molecular formula is C11H8Cl2N4O. The molecule has 2 rings (SSSR count). The SMILES string of the molecule is Cc1onc(-c2ccc(Cl)cc2Cl)c1CN=[N+]=[N-]. The molecule has 1 heterocycles. The predicted octanol–water partition coefficient (Wildman–Crippen LogP) is 4.77. The molecule has 5 nitrogen and oxygen atoms in total. The van der Waals surface area contributed by atoms with Crippen LogP contribution in [0.5, 0.6) is 0 Å². The van der Waals surface area contributed by atoms with Gasteiger partial charge in [0.15, 0.2) is 0 Å². The second kappa shape index (κ2) is 5.31. The van der Waals surface area contributed by atoms with Crippen LogP contribution in [0.25, 0.3) is 21.7 Å². The highest BCUT2D eigenvalue weighted by Gasteiger charge is 2.16. The number of azide groups is 1. The Hall–Kier alpha value is -1.68. The second-order valence-corrected chi connectivity index (χ2v) is 4.42. The minimum atomic E-state index is 0.167. The lowest BCUT2D eigenvalue weighted by Crippen LogP contribution is -1.88. The maximum Gasteiger partial charge on any atom is 0.137 e. The van der Waals surface area contributed by atoms with Gasteiger partial charge in [0, 0.05) is 21.1 Å². The Kier molecular flexibility index (Phi) is 3.77. The van der Waals surface area contributed by atoms with Gasteiger partial charge in [0.1, 0.15) is 11.5 Å². The summed E-state index contributed by atoms with van der Waals surface area (Å²) in [5.74, 6) is 0.600. The molecule has 7 heteroatoms. The van der Waals surface area contributed by atoms with Crippen LogP contribution >= 0.6 is 23.2 Å². The number of benzene rings is 1. The van der Waals surface area contributed by atoms with Crippen LogP contribution in [0.3, 0.4) is 0 Å². The molecule has 0 aliphatic rings. The zero-order valence-electron chi connectivity index (χ0n) is 9.39. The van der Waals surface area contributed by atoms with Crippen molar-refractivity contribution in [3.8, 4) is 11.3 Å². The van der Waals surface area contributed by atoms with Gasteiger partial charge < -0.3 is 4.52 Å². The lowest BCUT2D eigenvalue weighted by atomic mass is 10.1. The van der Waals surface area contributed by atoms with Crippen LogP contribution in [0.1, 0.15) is 11.3 Å². The van der Waals surface area contributed by atoms with E-state index in [-0.39, 0.29) is 6.54 Å². The number of rotatable bonds is 3. The molecule has 0 bridgehead atoms. The van der Waals surface area contributed by atoms with Gasteiger partial charge in [-0.1, -0.05) is 33.5 Å². The molecule has 0 amide bonds. The summed E-state index contributed by atoms with van der Waals surface area (Å²) < 4.78 is 5.11. The van der Waals surface area contributed by atoms with Gasteiger partial charge in [-0.2, -0.15) is 0 Å². The summed E-state index contributed by atoms with van der Waals surface area (Å²) in [7, 11) is 0. The standard InChI is InChI=1S/C11H8Cl2N4O/c1-6-9(5-15-17-14)11(16-18-6)8-3-2-7(12)4-10(8)13/h2-4H,5H2,1H3. The average Bonchev–Trinajstić information content (AvgIpc) is 2.68. The van der Waals surface area contributed by atoms with Crippen molar-refractivity contribution >= 4 is 23.2 Å². The normalized spacial score (nSPS) is 10.2. The minimum Gasteiger partial charge on any atom is -0.361 e. The van der Waals surface area contributed by atoms with Crippen molar-refractivity contribution in [2.45, 2.75) is 13.5 Å². The average molecular weight is 283 g/mol. The lowest BCUT2D eigenvalue weighted by molar-refractivity contribution is 0.398. The molecule has 1 aromatic heterocycles. The first-order valence-corrected chi connectivity index (χ1v) is 5.80. The fourth-order valence-electron chi connectivity index (χ4n) is 1.57. The maximum absolute atomic E-state index is 8.37. The highest BCUT2D eigenvalue weighted by molar-refractivity contribution is 6.36. The van der Waals surface area contributed by atoms with Crippen LogP contribution in [-0.4, -0.2) is 5.16 Å². The van der Waals surface area contributed by atoms with E-state index >= 15 is 0 Å². The fraction of sp³-hybridized carbons (Fsp3) is 0.182. The van der Waals surface area contributed by atoms with Gasteiger partial charge in [-0.25, -0.2) is 0 Å². The van der Waals surface area contributed by atoms with E-state index in [2.05, 4.69) is 15.2 Å². The Labute approximate surface area is 113 Å². The Bertz CT molecular complexity index is 632. The lowest BCUT2D eigenvalue weighted by Gasteiger charge is -2.02. The highest BCUT2D eigenvalue weighted by Crippen LogP contribution is 2.33. The zero-order chi connectivity index (χ0) is 13.1. The van der Waals surface area contributed by atoms with Crippen molar-refractivity contribution < 1.29 is 4.52 Å². The van der Waals surface area contributed by atoms with Gasteiger partial charge in [-0.3, -0.25) is 0 Å². The van der Waals surface area contributed by atoms with Gasteiger partial charge in [0.05, 0.1) is 11.6 Å². The second-order valence-electron chi connectivity index (χ2n) is 3.58. The molecular weight excluding hydrogens is 275 g/mol. The third-order valence-electron chi connectivity index (χ3n) is 2.46. The number of aromatic nitrogens is 1. The van der Waals surface area contributed by atoms with Crippen molar-refractivity contribution in [3.05, 3.63) is 50.0 Å². The van der Waals surface area contributed by atoms with Gasteiger partial charge in [-0.15, -0.1) is 0 Å². The predicted molar refractivity (Wildman–Crippen MR) is 69.5 cm³/mol. The molecule has 0 saturated heterocycles. The molecule has 1 aromatic carbocycles. The summed E-state index contributed by atoms with van der Waals surface area (Å²) in [6, 6.07) is 5.09. The third kappa shape index (κ3) is 2.43. The van der Waals surface area contributed by atoms with Crippen LogP contribution in [0.2, 0.25) is 10.0 Å². The van der Waals surface area contributed by atoms with E-state index in [0.717, 1.165) is 5.56 Å². The van der Waals surface area contributed by atoms with Gasteiger partial charge in [0.2, 0.25) is 0 Å². The molecule has 0 atom stereocenters. The number of hydrogen-bond donors (Lipinski definition) is 0. The number of nitrogens with zero attached hydrogens (tertiary/aromatic N) is 4. The van der Waals surface area contributed by atoms with Crippen LogP contribution in [0.4, 0.5) is 0 Å². The first-order chi connectivity index (χ1) is 8.63. The molecule has 18 heavy (non-hydrogen) atoms. The molecule has 2 aromatic rings. The van der Waals surface area contributed by atoms with Crippen molar-refractivity contribution in [1.29, 1.82) is 0 Å². The quantitative estimate of drug-likeness (QED) is 0.462. The smallest absolute Gasteiger partial charge is 0.137 e. The van der Waals surface area contributed by atoms with Crippen LogP contribution < -0.4 is 0 Å². The Balaban J connectivity index is 2.53. The molecule has 0 fully saturated rings. The van der Waals surface area contributed by atoms with E-state index in [9.17, 15) is 0 Å². The topological polar surface area (TPSA) is 74.8 Å². The summed E-state index contributed by atoms with van der Waals surface area (Å²) in [5.41, 5.74) is 10.4. The third-order valence-corrected chi connectivity index (χ3v) is 3.01. The Morgan fingerprint density at radius 2 is 2.22 bits per heavy atom. The zero-order valence-corrected chi connectivity index (χ0v) is 10.9. The summed E-state index contributed by atoms with van der Waals surface area (Å²) in [5, 5.41) is 8.48. The molecule has 0 radical (unpaired) electrons. The summed E-state index contributed by atoms with van der Waals surface area (Å²) in [6.45, 7) is 1.92. The maximum atomic E-state index is 8.37. The number of aryl methyl sites for hydroxylation is 1. The van der Waals surface area contributed by atoms with Crippen LogP contribution in [0.15, 0.2) is 27.8 Å². The highest BCUT2D eigenvalue weighted by atomic mass is 35.5. The summed E-state index contributed by atoms with van der Waals surface area (Å²) in [6.07, 6.45) is 0. The van der Waals surface area contributed by atoms with E-state index in [1.54, 1.807) is 25.1 Å². The first-order valence-electron chi connectivity index (χ1n) is 5.05. The first kappa shape index (κ1) is 12.8. The molecule has 0 unspecified atom stereocenters. The summed E-state index contributed by atoms with van der Waals surface area (Å²) >= 11 is 11.9. The molecule has 0 N–H and O–H groups in total. The van der Waals surface area contributed by atoms with Crippen LogP contribution in [-0.2, 0) is 6.54 Å².